The fourth-order valence-corrected chi connectivity index (χ4v) is 1.97. The van der Waals surface area contributed by atoms with Gasteiger partial charge in [-0.2, -0.15) is 0 Å². The van der Waals surface area contributed by atoms with Crippen molar-refractivity contribution in [2.24, 2.45) is 5.92 Å². The minimum absolute atomic E-state index is 0.260. The van der Waals surface area contributed by atoms with E-state index in [0.717, 1.165) is 10.9 Å². The quantitative estimate of drug-likeness (QED) is 0.878. The number of aliphatic hydroxyl groups excluding tert-OH is 1. The molecule has 2 nitrogen and oxygen atoms in total. The zero-order valence-electron chi connectivity index (χ0n) is 7.82. The number of hydrogen-bond acceptors (Lipinski definition) is 2. The first kappa shape index (κ1) is 10.1. The zero-order chi connectivity index (χ0) is 9.97. The maximum atomic E-state index is 9.57. The van der Waals surface area contributed by atoms with Crippen molar-refractivity contribution >= 4 is 15.9 Å². The maximum absolute atomic E-state index is 9.57. The van der Waals surface area contributed by atoms with Crippen molar-refractivity contribution in [2.75, 3.05) is 13.2 Å². The number of halogens is 1. The van der Waals surface area contributed by atoms with Crippen LogP contribution in [-0.2, 0) is 11.2 Å². The molecule has 14 heavy (non-hydrogen) atoms. The Kier molecular flexibility index (Phi) is 3.21. The van der Waals surface area contributed by atoms with E-state index >= 15 is 0 Å². The Morgan fingerprint density at radius 1 is 1.29 bits per heavy atom. The minimum atomic E-state index is -0.293. The number of aliphatic hydroxyl groups is 1. The lowest BCUT2D eigenvalue weighted by molar-refractivity contribution is 0.118. The fraction of sp³-hybridized carbons (Fsp3) is 0.455. The van der Waals surface area contributed by atoms with Crippen molar-refractivity contribution in [1.82, 2.24) is 0 Å². The SMILES string of the molecule is O[C@@H]1COC[C@H]1Cc1ccc(Br)cc1. The van der Waals surface area contributed by atoms with E-state index in [1.54, 1.807) is 0 Å². The van der Waals surface area contributed by atoms with Gasteiger partial charge in [0.15, 0.2) is 0 Å². The summed E-state index contributed by atoms with van der Waals surface area (Å²) in [6.45, 7) is 1.17. The largest absolute Gasteiger partial charge is 0.390 e. The minimum Gasteiger partial charge on any atom is -0.390 e. The topological polar surface area (TPSA) is 29.5 Å². The highest BCUT2D eigenvalue weighted by Crippen LogP contribution is 2.20. The van der Waals surface area contributed by atoms with Gasteiger partial charge in [0.05, 0.1) is 19.3 Å². The second-order valence-corrected chi connectivity index (χ2v) is 4.61. The van der Waals surface area contributed by atoms with Crippen LogP contribution in [0.15, 0.2) is 28.7 Å². The van der Waals surface area contributed by atoms with E-state index in [0.29, 0.717) is 13.2 Å². The summed E-state index contributed by atoms with van der Waals surface area (Å²) in [6, 6.07) is 8.21. The zero-order valence-corrected chi connectivity index (χ0v) is 9.40. The number of ether oxygens (including phenoxy) is 1. The Labute approximate surface area is 92.0 Å². The summed E-state index contributed by atoms with van der Waals surface area (Å²) in [5, 5.41) is 9.57. The molecule has 1 aliphatic heterocycles. The van der Waals surface area contributed by atoms with E-state index in [-0.39, 0.29) is 12.0 Å². The Morgan fingerprint density at radius 3 is 2.57 bits per heavy atom. The summed E-state index contributed by atoms with van der Waals surface area (Å²) in [4.78, 5) is 0. The van der Waals surface area contributed by atoms with Gasteiger partial charge in [0.2, 0.25) is 0 Å². The van der Waals surface area contributed by atoms with Gasteiger partial charge in [-0.3, -0.25) is 0 Å². The van der Waals surface area contributed by atoms with Crippen LogP contribution in [0.3, 0.4) is 0 Å². The summed E-state index contributed by atoms with van der Waals surface area (Å²) in [6.07, 6.45) is 0.604. The lowest BCUT2D eigenvalue weighted by Gasteiger charge is -2.11. The molecule has 0 unspecified atom stereocenters. The van der Waals surface area contributed by atoms with E-state index < -0.39 is 0 Å². The van der Waals surface area contributed by atoms with E-state index in [9.17, 15) is 5.11 Å². The molecule has 3 heteroatoms. The van der Waals surface area contributed by atoms with Crippen LogP contribution in [0.25, 0.3) is 0 Å². The van der Waals surface area contributed by atoms with Gasteiger partial charge >= 0.3 is 0 Å². The molecule has 1 aliphatic rings. The summed E-state index contributed by atoms with van der Waals surface area (Å²) < 4.78 is 6.29. The molecule has 2 rings (SSSR count). The van der Waals surface area contributed by atoms with E-state index in [4.69, 9.17) is 4.74 Å². The predicted molar refractivity (Wildman–Crippen MR) is 58.2 cm³/mol. The predicted octanol–water partition coefficient (Wildman–Crippen LogP) is 2.00. The van der Waals surface area contributed by atoms with Gasteiger partial charge in [0.25, 0.3) is 0 Å². The Hall–Kier alpha value is -0.380. The van der Waals surface area contributed by atoms with Gasteiger partial charge < -0.3 is 9.84 Å². The van der Waals surface area contributed by atoms with Crippen molar-refractivity contribution < 1.29 is 9.84 Å². The van der Waals surface area contributed by atoms with Crippen LogP contribution in [0.2, 0.25) is 0 Å². The van der Waals surface area contributed by atoms with Crippen molar-refractivity contribution in [2.45, 2.75) is 12.5 Å². The van der Waals surface area contributed by atoms with Gasteiger partial charge in [-0.25, -0.2) is 0 Å². The second-order valence-electron chi connectivity index (χ2n) is 3.70. The Balaban J connectivity index is 2.00. The van der Waals surface area contributed by atoms with Crippen LogP contribution in [0, 0.1) is 5.92 Å². The Bertz CT molecular complexity index is 297. The molecule has 0 aliphatic carbocycles. The highest BCUT2D eigenvalue weighted by molar-refractivity contribution is 9.10. The van der Waals surface area contributed by atoms with Crippen LogP contribution in [-0.4, -0.2) is 24.4 Å². The van der Waals surface area contributed by atoms with Gasteiger partial charge in [-0.1, -0.05) is 28.1 Å². The van der Waals surface area contributed by atoms with Crippen molar-refractivity contribution in [3.05, 3.63) is 34.3 Å². The summed E-state index contributed by atoms with van der Waals surface area (Å²) >= 11 is 3.40. The van der Waals surface area contributed by atoms with Crippen LogP contribution in [0.1, 0.15) is 5.56 Å². The average Bonchev–Trinajstić information content (AvgIpc) is 2.56. The molecular formula is C11H13BrO2. The molecule has 2 atom stereocenters. The Morgan fingerprint density at radius 2 is 2.00 bits per heavy atom. The molecule has 1 fully saturated rings. The van der Waals surface area contributed by atoms with Gasteiger partial charge in [-0.05, 0) is 24.1 Å². The van der Waals surface area contributed by atoms with E-state index in [1.165, 1.54) is 5.56 Å². The molecular weight excluding hydrogens is 244 g/mol. The molecule has 1 aromatic rings. The number of hydrogen-bond donors (Lipinski definition) is 1. The fourth-order valence-electron chi connectivity index (χ4n) is 1.71. The van der Waals surface area contributed by atoms with Crippen molar-refractivity contribution in [3.63, 3.8) is 0 Å². The standard InChI is InChI=1S/C11H13BrO2/c12-10-3-1-8(2-4-10)5-9-6-14-7-11(9)13/h1-4,9,11,13H,5-7H2/t9-,11-/m1/s1. The molecule has 1 aromatic carbocycles. The molecule has 1 heterocycles. The molecule has 0 saturated carbocycles. The first-order chi connectivity index (χ1) is 6.75. The first-order valence-electron chi connectivity index (χ1n) is 4.76. The number of benzene rings is 1. The maximum Gasteiger partial charge on any atom is 0.0826 e. The van der Waals surface area contributed by atoms with Gasteiger partial charge in [0.1, 0.15) is 0 Å². The summed E-state index contributed by atoms with van der Waals surface area (Å²) in [5.41, 5.74) is 1.25. The van der Waals surface area contributed by atoms with Crippen LogP contribution in [0.5, 0.6) is 0 Å². The molecule has 1 N–H and O–H groups in total. The molecule has 0 aromatic heterocycles. The molecule has 0 bridgehead atoms. The van der Waals surface area contributed by atoms with Crippen molar-refractivity contribution in [3.8, 4) is 0 Å². The third kappa shape index (κ3) is 2.35. The normalized spacial score (nSPS) is 26.7. The lowest BCUT2D eigenvalue weighted by Crippen LogP contribution is -2.19. The van der Waals surface area contributed by atoms with Gasteiger partial charge in [-0.15, -0.1) is 0 Å². The smallest absolute Gasteiger partial charge is 0.0826 e. The van der Waals surface area contributed by atoms with Crippen LogP contribution in [0.4, 0.5) is 0 Å². The van der Waals surface area contributed by atoms with Crippen LogP contribution >= 0.6 is 15.9 Å². The lowest BCUT2D eigenvalue weighted by atomic mass is 9.97. The highest BCUT2D eigenvalue weighted by Gasteiger charge is 2.25. The van der Waals surface area contributed by atoms with Crippen LogP contribution < -0.4 is 0 Å². The van der Waals surface area contributed by atoms with Crippen molar-refractivity contribution in [1.29, 1.82) is 0 Å². The van der Waals surface area contributed by atoms with E-state index in [1.807, 2.05) is 12.1 Å². The van der Waals surface area contributed by atoms with Gasteiger partial charge in [0, 0.05) is 10.4 Å². The third-order valence-corrected chi connectivity index (χ3v) is 3.10. The first-order valence-corrected chi connectivity index (χ1v) is 5.55. The third-order valence-electron chi connectivity index (χ3n) is 2.58. The monoisotopic (exact) mass is 256 g/mol. The molecule has 0 spiro atoms. The summed E-state index contributed by atoms with van der Waals surface area (Å²) in [5.74, 6) is 0.260. The molecule has 0 radical (unpaired) electrons. The highest BCUT2D eigenvalue weighted by atomic mass is 79.9. The second kappa shape index (κ2) is 4.43. The van der Waals surface area contributed by atoms with E-state index in [2.05, 4.69) is 28.1 Å². The summed E-state index contributed by atoms with van der Waals surface area (Å²) in [7, 11) is 0. The molecule has 0 amide bonds. The average molecular weight is 257 g/mol. The number of rotatable bonds is 2. The molecule has 1 saturated heterocycles. The molecule has 76 valence electrons.